The number of rotatable bonds is 5. The van der Waals surface area contributed by atoms with E-state index in [-0.39, 0.29) is 28.2 Å². The Morgan fingerprint density at radius 2 is 2.00 bits per heavy atom. The predicted molar refractivity (Wildman–Crippen MR) is 84.7 cm³/mol. The Morgan fingerprint density at radius 3 is 2.59 bits per heavy atom. The van der Waals surface area contributed by atoms with Crippen LogP contribution < -0.4 is 15.4 Å². The van der Waals surface area contributed by atoms with Crippen LogP contribution in [0.4, 0.5) is 27.5 Å². The van der Waals surface area contributed by atoms with E-state index in [2.05, 4.69) is 25.3 Å². The molecule has 2 aromatic rings. The highest BCUT2D eigenvalue weighted by Crippen LogP contribution is 2.24. The number of aromatic nitrogens is 2. The minimum Gasteiger partial charge on any atom is -0.371 e. The second kappa shape index (κ2) is 6.32. The molecule has 0 spiro atoms. The van der Waals surface area contributed by atoms with Gasteiger partial charge in [-0.15, -0.1) is 0 Å². The lowest BCUT2D eigenvalue weighted by atomic mass is 10.3. The smallest absolute Gasteiger partial charge is 0.229 e. The normalized spacial score (nSPS) is 11.1. The first-order valence-electron chi connectivity index (χ1n) is 6.03. The summed E-state index contributed by atoms with van der Waals surface area (Å²) < 4.78 is 38.5. The van der Waals surface area contributed by atoms with Crippen molar-refractivity contribution in [2.45, 2.75) is 0 Å². The number of nitrogens with zero attached hydrogens (tertiary/aromatic N) is 2. The molecule has 0 amide bonds. The molecule has 1 aromatic carbocycles. The first kappa shape index (κ1) is 16.2. The summed E-state index contributed by atoms with van der Waals surface area (Å²) in [5.74, 6) is -0.206. The van der Waals surface area contributed by atoms with E-state index in [4.69, 9.17) is 11.6 Å². The van der Waals surface area contributed by atoms with Crippen LogP contribution in [-0.4, -0.2) is 31.7 Å². The Balaban J connectivity index is 2.29. The quantitative estimate of drug-likeness (QED) is 0.770. The molecule has 118 valence electrons. The van der Waals surface area contributed by atoms with Crippen LogP contribution >= 0.6 is 11.6 Å². The van der Waals surface area contributed by atoms with Gasteiger partial charge < -0.3 is 10.6 Å². The van der Waals surface area contributed by atoms with Gasteiger partial charge in [0.15, 0.2) is 5.82 Å². The van der Waals surface area contributed by atoms with Crippen LogP contribution in [0.5, 0.6) is 0 Å². The summed E-state index contributed by atoms with van der Waals surface area (Å²) >= 11 is 5.68. The summed E-state index contributed by atoms with van der Waals surface area (Å²) in [7, 11) is -1.89. The van der Waals surface area contributed by atoms with Crippen molar-refractivity contribution in [2.24, 2.45) is 0 Å². The molecule has 1 heterocycles. The van der Waals surface area contributed by atoms with Crippen molar-refractivity contribution in [3.63, 3.8) is 0 Å². The molecule has 0 aliphatic rings. The molecule has 10 heteroatoms. The molecule has 1 aromatic heterocycles. The van der Waals surface area contributed by atoms with Gasteiger partial charge >= 0.3 is 0 Å². The molecular formula is C12H13ClFN5O2S. The van der Waals surface area contributed by atoms with E-state index < -0.39 is 15.8 Å². The first-order chi connectivity index (χ1) is 10.3. The Morgan fingerprint density at radius 1 is 1.27 bits per heavy atom. The van der Waals surface area contributed by atoms with E-state index in [9.17, 15) is 12.8 Å². The fourth-order valence-corrected chi connectivity index (χ4v) is 2.33. The van der Waals surface area contributed by atoms with Crippen molar-refractivity contribution in [1.82, 2.24) is 9.97 Å². The summed E-state index contributed by atoms with van der Waals surface area (Å²) in [4.78, 5) is 8.02. The van der Waals surface area contributed by atoms with Gasteiger partial charge in [0, 0.05) is 12.1 Å². The number of anilines is 4. The number of halogens is 2. The third-order valence-corrected chi connectivity index (χ3v) is 3.32. The average Bonchev–Trinajstić information content (AvgIpc) is 2.42. The zero-order valence-corrected chi connectivity index (χ0v) is 13.3. The van der Waals surface area contributed by atoms with Crippen molar-refractivity contribution in [3.8, 4) is 0 Å². The largest absolute Gasteiger partial charge is 0.371 e. The lowest BCUT2D eigenvalue weighted by molar-refractivity contribution is 0.606. The number of benzene rings is 1. The molecule has 0 fully saturated rings. The number of hydrogen-bond donors (Lipinski definition) is 3. The van der Waals surface area contributed by atoms with Crippen molar-refractivity contribution >= 4 is 44.8 Å². The standard InChI is InChI=1S/C12H13ClFN5O2S/c1-15-11-10(19-22(2,20)21)6-16-12(18-11)17-9-4-3-7(13)5-8(9)14/h3-6,19H,1-2H3,(H2,15,16,17,18). The molecular weight excluding hydrogens is 333 g/mol. The van der Waals surface area contributed by atoms with Crippen molar-refractivity contribution in [2.75, 3.05) is 28.7 Å². The van der Waals surface area contributed by atoms with E-state index >= 15 is 0 Å². The lowest BCUT2D eigenvalue weighted by Gasteiger charge is -2.11. The highest BCUT2D eigenvalue weighted by atomic mass is 35.5. The molecule has 0 atom stereocenters. The molecule has 0 saturated carbocycles. The average molecular weight is 346 g/mol. The molecule has 0 saturated heterocycles. The molecule has 0 unspecified atom stereocenters. The summed E-state index contributed by atoms with van der Waals surface area (Å²) in [5, 5.41) is 5.70. The second-order valence-corrected chi connectivity index (χ2v) is 6.51. The van der Waals surface area contributed by atoms with Crippen LogP contribution in [0.15, 0.2) is 24.4 Å². The molecule has 0 aliphatic carbocycles. The van der Waals surface area contributed by atoms with Crippen LogP contribution in [0.3, 0.4) is 0 Å². The van der Waals surface area contributed by atoms with Gasteiger partial charge in [-0.05, 0) is 18.2 Å². The van der Waals surface area contributed by atoms with Gasteiger partial charge in [0.05, 0.1) is 18.1 Å². The van der Waals surface area contributed by atoms with Crippen molar-refractivity contribution < 1.29 is 12.8 Å². The van der Waals surface area contributed by atoms with Crippen LogP contribution in [0.1, 0.15) is 0 Å². The number of sulfonamides is 1. The minimum atomic E-state index is -3.46. The van der Waals surface area contributed by atoms with Gasteiger partial charge in [-0.2, -0.15) is 4.98 Å². The lowest BCUT2D eigenvalue weighted by Crippen LogP contribution is -2.13. The fraction of sp³-hybridized carbons (Fsp3) is 0.167. The first-order valence-corrected chi connectivity index (χ1v) is 8.30. The zero-order valence-electron chi connectivity index (χ0n) is 11.7. The summed E-state index contributed by atoms with van der Waals surface area (Å²) in [6.45, 7) is 0. The highest BCUT2D eigenvalue weighted by molar-refractivity contribution is 7.92. The predicted octanol–water partition coefficient (Wildman–Crippen LogP) is 2.43. The summed E-state index contributed by atoms with van der Waals surface area (Å²) in [6, 6.07) is 4.12. The Hall–Kier alpha value is -2.13. The Bertz CT molecular complexity index is 800. The van der Waals surface area contributed by atoms with E-state index in [1.54, 1.807) is 7.05 Å². The maximum absolute atomic E-state index is 13.7. The monoisotopic (exact) mass is 345 g/mol. The topological polar surface area (TPSA) is 96.0 Å². The molecule has 2 rings (SSSR count). The fourth-order valence-electron chi connectivity index (χ4n) is 1.62. The van der Waals surface area contributed by atoms with Gasteiger partial charge in [0.1, 0.15) is 11.5 Å². The Kier molecular flexibility index (Phi) is 4.67. The van der Waals surface area contributed by atoms with E-state index in [0.717, 1.165) is 12.3 Å². The third kappa shape index (κ3) is 4.18. The van der Waals surface area contributed by atoms with Crippen molar-refractivity contribution in [1.29, 1.82) is 0 Å². The molecule has 22 heavy (non-hydrogen) atoms. The summed E-state index contributed by atoms with van der Waals surface area (Å²) in [5.41, 5.74) is 0.336. The van der Waals surface area contributed by atoms with E-state index in [0.29, 0.717) is 0 Å². The van der Waals surface area contributed by atoms with Crippen LogP contribution in [0.25, 0.3) is 0 Å². The number of hydrogen-bond acceptors (Lipinski definition) is 6. The third-order valence-electron chi connectivity index (χ3n) is 2.50. The molecule has 7 nitrogen and oxygen atoms in total. The maximum atomic E-state index is 13.7. The Labute approximate surface area is 132 Å². The van der Waals surface area contributed by atoms with Gasteiger partial charge in [-0.25, -0.2) is 17.8 Å². The van der Waals surface area contributed by atoms with Crippen LogP contribution in [-0.2, 0) is 10.0 Å². The van der Waals surface area contributed by atoms with Crippen LogP contribution in [0.2, 0.25) is 5.02 Å². The summed E-state index contributed by atoms with van der Waals surface area (Å²) in [6.07, 6.45) is 2.29. The molecule has 0 radical (unpaired) electrons. The van der Waals surface area contributed by atoms with E-state index in [1.807, 2.05) is 0 Å². The van der Waals surface area contributed by atoms with Crippen LogP contribution in [0, 0.1) is 5.82 Å². The van der Waals surface area contributed by atoms with E-state index in [1.165, 1.54) is 18.3 Å². The number of nitrogens with one attached hydrogen (secondary N) is 3. The molecule has 0 aliphatic heterocycles. The molecule has 0 bridgehead atoms. The van der Waals surface area contributed by atoms with Gasteiger partial charge in [-0.3, -0.25) is 4.72 Å². The SMILES string of the molecule is CNc1nc(Nc2ccc(Cl)cc2F)ncc1NS(C)(=O)=O. The van der Waals surface area contributed by atoms with Gasteiger partial charge in [-0.1, -0.05) is 11.6 Å². The zero-order chi connectivity index (χ0) is 16.3. The highest BCUT2D eigenvalue weighted by Gasteiger charge is 2.11. The second-order valence-electron chi connectivity index (χ2n) is 4.33. The maximum Gasteiger partial charge on any atom is 0.229 e. The molecule has 3 N–H and O–H groups in total. The van der Waals surface area contributed by atoms with Gasteiger partial charge in [0.2, 0.25) is 16.0 Å². The minimum absolute atomic E-state index is 0.102. The van der Waals surface area contributed by atoms with Gasteiger partial charge in [0.25, 0.3) is 0 Å². The van der Waals surface area contributed by atoms with Crippen molar-refractivity contribution in [3.05, 3.63) is 35.2 Å².